The fourth-order valence-corrected chi connectivity index (χ4v) is 2.01. The van der Waals surface area contributed by atoms with E-state index in [9.17, 15) is 4.79 Å². The van der Waals surface area contributed by atoms with Crippen molar-refractivity contribution in [1.82, 2.24) is 5.32 Å². The second-order valence-corrected chi connectivity index (χ2v) is 5.74. The van der Waals surface area contributed by atoms with Gasteiger partial charge in [0, 0.05) is 6.04 Å². The molecule has 1 saturated carbocycles. The normalized spacial score (nSPS) is 16.3. The van der Waals surface area contributed by atoms with Gasteiger partial charge in [-0.3, -0.25) is 4.79 Å². The van der Waals surface area contributed by atoms with E-state index in [0.29, 0.717) is 12.0 Å². The van der Waals surface area contributed by atoms with Crippen molar-refractivity contribution < 1.29 is 9.53 Å². The summed E-state index contributed by atoms with van der Waals surface area (Å²) in [6, 6.07) is 6.55. The van der Waals surface area contributed by atoms with E-state index in [1.54, 1.807) is 0 Å². The molecule has 19 heavy (non-hydrogen) atoms. The van der Waals surface area contributed by atoms with Gasteiger partial charge in [-0.15, -0.1) is 0 Å². The monoisotopic (exact) mass is 261 g/mol. The molecule has 2 rings (SSSR count). The Morgan fingerprint density at radius 1 is 1.32 bits per heavy atom. The lowest BCUT2D eigenvalue weighted by molar-refractivity contribution is -0.127. The molecule has 1 aliphatic carbocycles. The van der Waals surface area contributed by atoms with E-state index in [-0.39, 0.29) is 5.91 Å². The Bertz CT molecular complexity index is 464. The van der Waals surface area contributed by atoms with Crippen molar-refractivity contribution in [3.05, 3.63) is 29.3 Å². The molecule has 1 unspecified atom stereocenters. The number of carbonyl (C=O) groups excluding carboxylic acids is 1. The Hall–Kier alpha value is -1.51. The molecule has 1 aromatic carbocycles. The van der Waals surface area contributed by atoms with Crippen LogP contribution in [0.1, 0.15) is 50.7 Å². The summed E-state index contributed by atoms with van der Waals surface area (Å²) in [6.45, 7) is 8.11. The summed E-state index contributed by atoms with van der Waals surface area (Å²) in [5.74, 6) is 1.20. The largest absolute Gasteiger partial charge is 0.481 e. The highest BCUT2D eigenvalue weighted by atomic mass is 16.5. The van der Waals surface area contributed by atoms with E-state index in [1.807, 2.05) is 19.9 Å². The van der Waals surface area contributed by atoms with Crippen LogP contribution < -0.4 is 10.1 Å². The van der Waals surface area contributed by atoms with Gasteiger partial charge in [-0.05, 0) is 49.8 Å². The highest BCUT2D eigenvalue weighted by molar-refractivity contribution is 5.81. The minimum Gasteiger partial charge on any atom is -0.481 e. The third-order valence-corrected chi connectivity index (χ3v) is 3.39. The van der Waals surface area contributed by atoms with Gasteiger partial charge in [0.2, 0.25) is 0 Å². The van der Waals surface area contributed by atoms with Crippen LogP contribution in [0, 0.1) is 6.92 Å². The number of benzene rings is 1. The van der Waals surface area contributed by atoms with Crippen LogP contribution in [0.15, 0.2) is 18.2 Å². The van der Waals surface area contributed by atoms with Gasteiger partial charge in [-0.25, -0.2) is 0 Å². The second kappa shape index (κ2) is 5.64. The first-order valence-electron chi connectivity index (χ1n) is 7.05. The minimum atomic E-state index is -0.445. The van der Waals surface area contributed by atoms with Gasteiger partial charge in [0.25, 0.3) is 5.91 Å². The third kappa shape index (κ3) is 3.72. The number of aryl methyl sites for hydroxylation is 1. The molecule has 1 aliphatic rings. The zero-order valence-corrected chi connectivity index (χ0v) is 12.2. The Morgan fingerprint density at radius 2 is 2.00 bits per heavy atom. The smallest absolute Gasteiger partial charge is 0.260 e. The Kier molecular flexibility index (Phi) is 4.13. The number of hydrogen-bond acceptors (Lipinski definition) is 2. The first-order chi connectivity index (χ1) is 8.97. The third-order valence-electron chi connectivity index (χ3n) is 3.39. The van der Waals surface area contributed by atoms with Crippen molar-refractivity contribution in [2.24, 2.45) is 0 Å². The van der Waals surface area contributed by atoms with Gasteiger partial charge in [0.05, 0.1) is 0 Å². The van der Waals surface area contributed by atoms with Gasteiger partial charge in [0.1, 0.15) is 5.75 Å². The maximum atomic E-state index is 11.9. The molecule has 0 spiro atoms. The summed E-state index contributed by atoms with van der Waals surface area (Å²) < 4.78 is 5.87. The van der Waals surface area contributed by atoms with E-state index in [4.69, 9.17) is 4.74 Å². The van der Waals surface area contributed by atoms with E-state index in [2.05, 4.69) is 31.3 Å². The summed E-state index contributed by atoms with van der Waals surface area (Å²) in [4.78, 5) is 11.9. The molecular weight excluding hydrogens is 238 g/mol. The van der Waals surface area contributed by atoms with Crippen molar-refractivity contribution >= 4 is 5.91 Å². The Morgan fingerprint density at radius 3 is 2.58 bits per heavy atom. The highest BCUT2D eigenvalue weighted by Crippen LogP contribution is 2.28. The van der Waals surface area contributed by atoms with E-state index in [1.165, 1.54) is 0 Å². The SMILES string of the molecule is Cc1ccc(C(C)C)c(OC(C)C(=O)NC2CC2)c1. The molecule has 1 fully saturated rings. The van der Waals surface area contributed by atoms with Gasteiger partial charge in [-0.1, -0.05) is 26.0 Å². The molecule has 104 valence electrons. The maximum absolute atomic E-state index is 11.9. The molecule has 0 aliphatic heterocycles. The molecule has 1 N–H and O–H groups in total. The van der Waals surface area contributed by atoms with Crippen LogP contribution in [-0.4, -0.2) is 18.1 Å². The lowest BCUT2D eigenvalue weighted by Crippen LogP contribution is -2.37. The number of hydrogen-bond donors (Lipinski definition) is 1. The molecule has 3 heteroatoms. The lowest BCUT2D eigenvalue weighted by atomic mass is 10.0. The van der Waals surface area contributed by atoms with Crippen LogP contribution in [0.25, 0.3) is 0 Å². The predicted octanol–water partition coefficient (Wildman–Crippen LogP) is 3.16. The van der Waals surface area contributed by atoms with Gasteiger partial charge < -0.3 is 10.1 Å². The lowest BCUT2D eigenvalue weighted by Gasteiger charge is -2.19. The van der Waals surface area contributed by atoms with Crippen LogP contribution >= 0.6 is 0 Å². The summed E-state index contributed by atoms with van der Waals surface area (Å²) >= 11 is 0. The second-order valence-electron chi connectivity index (χ2n) is 5.74. The van der Waals surface area contributed by atoms with Crippen LogP contribution in [0.2, 0.25) is 0 Å². The Labute approximate surface area is 115 Å². The Balaban J connectivity index is 2.07. The number of nitrogens with one attached hydrogen (secondary N) is 1. The van der Waals surface area contributed by atoms with Crippen LogP contribution in [0.4, 0.5) is 0 Å². The average Bonchev–Trinajstić information content (AvgIpc) is 3.12. The van der Waals surface area contributed by atoms with Gasteiger partial charge >= 0.3 is 0 Å². The molecule has 0 radical (unpaired) electrons. The number of amides is 1. The minimum absolute atomic E-state index is 0.0151. The number of ether oxygens (including phenoxy) is 1. The quantitative estimate of drug-likeness (QED) is 0.884. The van der Waals surface area contributed by atoms with Crippen molar-refractivity contribution in [1.29, 1.82) is 0 Å². The summed E-state index contributed by atoms with van der Waals surface area (Å²) in [7, 11) is 0. The van der Waals surface area contributed by atoms with E-state index < -0.39 is 6.10 Å². The van der Waals surface area contributed by atoms with E-state index >= 15 is 0 Å². The first-order valence-corrected chi connectivity index (χ1v) is 7.05. The fraction of sp³-hybridized carbons (Fsp3) is 0.562. The molecule has 1 aromatic rings. The molecule has 0 saturated heterocycles. The topological polar surface area (TPSA) is 38.3 Å². The summed E-state index contributed by atoms with van der Waals surface area (Å²) in [6.07, 6.45) is 1.75. The van der Waals surface area contributed by atoms with Crippen LogP contribution in [0.5, 0.6) is 5.75 Å². The first kappa shape index (κ1) is 13.9. The summed E-state index contributed by atoms with van der Waals surface area (Å²) in [5, 5.41) is 2.97. The highest BCUT2D eigenvalue weighted by Gasteiger charge is 2.26. The van der Waals surface area contributed by atoms with Crippen molar-refractivity contribution in [3.8, 4) is 5.75 Å². The predicted molar refractivity (Wildman–Crippen MR) is 76.5 cm³/mol. The van der Waals surface area contributed by atoms with E-state index in [0.717, 1.165) is 29.7 Å². The average molecular weight is 261 g/mol. The molecule has 1 amide bonds. The molecule has 0 bridgehead atoms. The van der Waals surface area contributed by atoms with Crippen molar-refractivity contribution in [2.45, 2.75) is 58.6 Å². The van der Waals surface area contributed by atoms with Crippen molar-refractivity contribution in [2.75, 3.05) is 0 Å². The van der Waals surface area contributed by atoms with Gasteiger partial charge in [0.15, 0.2) is 6.10 Å². The van der Waals surface area contributed by atoms with Crippen LogP contribution in [0.3, 0.4) is 0 Å². The van der Waals surface area contributed by atoms with Gasteiger partial charge in [-0.2, -0.15) is 0 Å². The molecule has 3 nitrogen and oxygen atoms in total. The zero-order valence-electron chi connectivity index (χ0n) is 12.2. The number of carbonyl (C=O) groups is 1. The molecule has 1 atom stereocenters. The number of rotatable bonds is 5. The maximum Gasteiger partial charge on any atom is 0.260 e. The summed E-state index contributed by atoms with van der Waals surface area (Å²) in [5.41, 5.74) is 2.30. The molecule has 0 heterocycles. The fourth-order valence-electron chi connectivity index (χ4n) is 2.01. The van der Waals surface area contributed by atoms with Crippen molar-refractivity contribution in [3.63, 3.8) is 0 Å². The van der Waals surface area contributed by atoms with Crippen LogP contribution in [-0.2, 0) is 4.79 Å². The standard InChI is InChI=1S/C16H23NO2/c1-10(2)14-8-5-11(3)9-15(14)19-12(4)16(18)17-13-6-7-13/h5,8-10,12-13H,6-7H2,1-4H3,(H,17,18). The molecular formula is C16H23NO2. The molecule has 0 aromatic heterocycles. The zero-order chi connectivity index (χ0) is 14.0.